The lowest BCUT2D eigenvalue weighted by molar-refractivity contribution is 0.259. The van der Waals surface area contributed by atoms with Crippen LogP contribution in [-0.4, -0.2) is 37.7 Å². The van der Waals surface area contributed by atoms with Crippen molar-refractivity contribution in [2.75, 3.05) is 27.2 Å². The maximum Gasteiger partial charge on any atom is 0.190 e. The lowest BCUT2D eigenvalue weighted by Crippen LogP contribution is -2.35. The summed E-state index contributed by atoms with van der Waals surface area (Å²) in [5.41, 5.74) is 0.467. The molecule has 0 saturated carbocycles. The van der Waals surface area contributed by atoms with Crippen molar-refractivity contribution in [1.29, 1.82) is 0 Å². The molecule has 21 heavy (non-hydrogen) atoms. The van der Waals surface area contributed by atoms with E-state index in [2.05, 4.69) is 5.32 Å². The van der Waals surface area contributed by atoms with Gasteiger partial charge in [0.15, 0.2) is 17.4 Å². The minimum absolute atomic E-state index is 0.103. The van der Waals surface area contributed by atoms with Crippen molar-refractivity contribution in [1.82, 2.24) is 10.2 Å². The Labute approximate surface area is 126 Å². The van der Waals surface area contributed by atoms with Crippen LogP contribution in [0.15, 0.2) is 12.1 Å². The molecule has 1 rings (SSSR count). The van der Waals surface area contributed by atoms with Gasteiger partial charge in [0.2, 0.25) is 0 Å². The summed E-state index contributed by atoms with van der Waals surface area (Å²) in [7, 11) is 3.89. The second-order valence-corrected chi connectivity index (χ2v) is 6.50. The molecule has 0 heterocycles. The Morgan fingerprint density at radius 1 is 1.14 bits per heavy atom. The molecule has 0 fully saturated rings. The largest absolute Gasteiger partial charge is 0.488 e. The zero-order chi connectivity index (χ0) is 16.0. The Morgan fingerprint density at radius 2 is 1.71 bits per heavy atom. The maximum atomic E-state index is 13.9. The summed E-state index contributed by atoms with van der Waals surface area (Å²) in [6.45, 7) is 7.53. The van der Waals surface area contributed by atoms with Gasteiger partial charge in [-0.2, -0.15) is 0 Å². The Morgan fingerprint density at radius 3 is 2.19 bits per heavy atom. The van der Waals surface area contributed by atoms with Crippen LogP contribution in [0.25, 0.3) is 0 Å². The number of benzene rings is 1. The molecule has 0 aromatic heterocycles. The van der Waals surface area contributed by atoms with Gasteiger partial charge in [0, 0.05) is 18.6 Å². The van der Waals surface area contributed by atoms with Crippen LogP contribution in [-0.2, 0) is 6.54 Å². The van der Waals surface area contributed by atoms with Gasteiger partial charge in [0.25, 0.3) is 0 Å². The van der Waals surface area contributed by atoms with Crippen molar-refractivity contribution in [3.05, 3.63) is 29.3 Å². The van der Waals surface area contributed by atoms with Crippen LogP contribution < -0.4 is 10.1 Å². The molecule has 1 N–H and O–H groups in total. The van der Waals surface area contributed by atoms with E-state index in [1.807, 2.05) is 39.8 Å². The van der Waals surface area contributed by atoms with Gasteiger partial charge in [0.05, 0.1) is 6.61 Å². The van der Waals surface area contributed by atoms with E-state index in [9.17, 15) is 8.78 Å². The van der Waals surface area contributed by atoms with E-state index in [4.69, 9.17) is 4.74 Å². The smallest absolute Gasteiger partial charge is 0.190 e. The molecule has 0 aliphatic rings. The summed E-state index contributed by atoms with van der Waals surface area (Å²) >= 11 is 0. The van der Waals surface area contributed by atoms with Crippen molar-refractivity contribution in [2.24, 2.45) is 0 Å². The molecule has 5 heteroatoms. The lowest BCUT2D eigenvalue weighted by Gasteiger charge is -2.21. The minimum atomic E-state index is -0.648. The van der Waals surface area contributed by atoms with Gasteiger partial charge >= 0.3 is 0 Å². The zero-order valence-electron chi connectivity index (χ0n) is 13.6. The Bertz CT molecular complexity index is 433. The molecule has 0 unspecified atom stereocenters. The normalized spacial score (nSPS) is 12.0. The van der Waals surface area contributed by atoms with Gasteiger partial charge in [-0.3, -0.25) is 0 Å². The summed E-state index contributed by atoms with van der Waals surface area (Å²) < 4.78 is 33.0. The fourth-order valence-corrected chi connectivity index (χ4v) is 1.77. The fraction of sp³-hybridized carbons (Fsp3) is 0.625. The third-order valence-corrected chi connectivity index (χ3v) is 2.88. The third kappa shape index (κ3) is 6.87. The zero-order valence-corrected chi connectivity index (χ0v) is 13.6. The molecule has 0 radical (unpaired) electrons. The van der Waals surface area contributed by atoms with Gasteiger partial charge in [0.1, 0.15) is 0 Å². The third-order valence-electron chi connectivity index (χ3n) is 2.88. The van der Waals surface area contributed by atoms with E-state index < -0.39 is 11.6 Å². The van der Waals surface area contributed by atoms with E-state index in [-0.39, 0.29) is 11.3 Å². The number of hydrogen-bond donors (Lipinski definition) is 1. The van der Waals surface area contributed by atoms with Crippen molar-refractivity contribution in [3.8, 4) is 5.75 Å². The molecule has 0 aliphatic carbocycles. The van der Waals surface area contributed by atoms with Crippen LogP contribution in [0.1, 0.15) is 32.8 Å². The van der Waals surface area contributed by atoms with Gasteiger partial charge in [-0.25, -0.2) is 8.78 Å². The molecule has 0 bridgehead atoms. The van der Waals surface area contributed by atoms with Crippen molar-refractivity contribution in [3.63, 3.8) is 0 Å². The van der Waals surface area contributed by atoms with Crippen molar-refractivity contribution >= 4 is 0 Å². The summed E-state index contributed by atoms with van der Waals surface area (Å²) in [6, 6.07) is 2.65. The Hall–Kier alpha value is -1.20. The molecular formula is C16H26F2N2O. The summed E-state index contributed by atoms with van der Waals surface area (Å²) in [4.78, 5) is 2.00. The maximum absolute atomic E-state index is 13.9. The van der Waals surface area contributed by atoms with Crippen LogP contribution in [0, 0.1) is 11.6 Å². The first-order valence-corrected chi connectivity index (χ1v) is 7.19. The van der Waals surface area contributed by atoms with Crippen LogP contribution in [0.2, 0.25) is 0 Å². The fourth-order valence-electron chi connectivity index (χ4n) is 1.77. The summed E-state index contributed by atoms with van der Waals surface area (Å²) in [5, 5.41) is 3.20. The molecule has 120 valence electrons. The first-order chi connectivity index (χ1) is 9.69. The topological polar surface area (TPSA) is 24.5 Å². The molecular weight excluding hydrogens is 274 g/mol. The van der Waals surface area contributed by atoms with Crippen LogP contribution in [0.3, 0.4) is 0 Å². The molecule has 0 atom stereocenters. The average molecular weight is 300 g/mol. The van der Waals surface area contributed by atoms with Crippen molar-refractivity contribution < 1.29 is 13.5 Å². The van der Waals surface area contributed by atoms with E-state index >= 15 is 0 Å². The molecule has 0 saturated heterocycles. The number of rotatable bonds is 7. The first-order valence-electron chi connectivity index (χ1n) is 7.19. The number of nitrogens with one attached hydrogen (secondary N) is 1. The Kier molecular flexibility index (Phi) is 6.55. The predicted octanol–water partition coefficient (Wildman–Crippen LogP) is 3.18. The highest BCUT2D eigenvalue weighted by molar-refractivity contribution is 5.31. The van der Waals surface area contributed by atoms with Crippen molar-refractivity contribution in [2.45, 2.75) is 39.3 Å². The predicted molar refractivity (Wildman–Crippen MR) is 81.6 cm³/mol. The number of ether oxygens (including phenoxy) is 1. The summed E-state index contributed by atoms with van der Waals surface area (Å²) in [5.74, 6) is -1.58. The van der Waals surface area contributed by atoms with Gasteiger partial charge < -0.3 is 15.0 Å². The van der Waals surface area contributed by atoms with Crippen LogP contribution in [0.5, 0.6) is 5.75 Å². The highest BCUT2D eigenvalue weighted by atomic mass is 19.1. The van der Waals surface area contributed by atoms with E-state index in [0.29, 0.717) is 18.7 Å². The van der Waals surface area contributed by atoms with Crippen LogP contribution >= 0.6 is 0 Å². The minimum Gasteiger partial charge on any atom is -0.488 e. The summed E-state index contributed by atoms with van der Waals surface area (Å²) in [6.07, 6.45) is 0.721. The second-order valence-electron chi connectivity index (χ2n) is 6.50. The van der Waals surface area contributed by atoms with Gasteiger partial charge in [-0.05, 0) is 59.0 Å². The first kappa shape index (κ1) is 17.9. The lowest BCUT2D eigenvalue weighted by atomic mass is 10.1. The number of nitrogens with zero attached hydrogens (tertiary/aromatic N) is 1. The monoisotopic (exact) mass is 300 g/mol. The number of halogens is 2. The second kappa shape index (κ2) is 7.71. The average Bonchev–Trinajstić information content (AvgIpc) is 2.33. The van der Waals surface area contributed by atoms with E-state index in [1.54, 1.807) is 0 Å². The highest BCUT2D eigenvalue weighted by Crippen LogP contribution is 2.23. The molecule has 3 nitrogen and oxygen atoms in total. The molecule has 0 spiro atoms. The van der Waals surface area contributed by atoms with Crippen LogP contribution in [0.4, 0.5) is 8.78 Å². The standard InChI is InChI=1S/C16H26F2N2O/c1-16(2,3)19-11-12-9-13(17)15(14(18)10-12)21-8-6-7-20(4)5/h9-10,19H,6-8,11H2,1-5H3. The number of hydrogen-bond acceptors (Lipinski definition) is 3. The van der Waals surface area contributed by atoms with E-state index in [1.165, 1.54) is 12.1 Å². The van der Waals surface area contributed by atoms with Gasteiger partial charge in [-0.1, -0.05) is 0 Å². The molecule has 0 amide bonds. The Balaban J connectivity index is 2.63. The van der Waals surface area contributed by atoms with E-state index in [0.717, 1.165) is 13.0 Å². The SMILES string of the molecule is CN(C)CCCOc1c(F)cc(CNC(C)(C)C)cc1F. The highest BCUT2D eigenvalue weighted by Gasteiger charge is 2.14. The molecule has 1 aromatic carbocycles. The molecule has 0 aliphatic heterocycles. The quantitative estimate of drug-likeness (QED) is 0.783. The van der Waals surface area contributed by atoms with Gasteiger partial charge in [-0.15, -0.1) is 0 Å². The molecule has 1 aromatic rings.